The molecule has 1 unspecified atom stereocenters. The van der Waals surface area contributed by atoms with Crippen molar-refractivity contribution >= 4 is 24.3 Å². The summed E-state index contributed by atoms with van der Waals surface area (Å²) in [5, 5.41) is 23.7. The maximum absolute atomic E-state index is 14.9. The molecule has 3 N–H and O–H groups in total. The van der Waals surface area contributed by atoms with Crippen LogP contribution in [0.25, 0.3) is 11.1 Å². The van der Waals surface area contributed by atoms with Crippen LogP contribution in [0, 0.1) is 16.6 Å². The molecule has 1 aliphatic heterocycles. The molecular formula is C24H30FN3OS. The number of nitrogens with zero attached hydrogens (tertiary/aromatic N) is 1. The number of nitrogens with one attached hydrogen (secondary N) is 2. The van der Waals surface area contributed by atoms with Crippen LogP contribution < -0.4 is 0 Å². The molecular weight excluding hydrogens is 397 g/mol. The predicted molar refractivity (Wildman–Crippen MR) is 124 cm³/mol. The summed E-state index contributed by atoms with van der Waals surface area (Å²) < 4.78 is 14.6. The van der Waals surface area contributed by atoms with E-state index in [0.29, 0.717) is 17.8 Å². The average Bonchev–Trinajstić information content (AvgIpc) is 3.57. The standard InChI is InChI=1S/C23H27FN2OS.CH3N/c1-22(16-27)14-21(25)26(11-12-28-22)15-23(9-10-23)18-7-8-19(20(24)13-18)17-5-3-2-4-6-17;1-2/h2-8,13,25,27H,9-12,14-16H2,1H3;2H,1H2. The van der Waals surface area contributed by atoms with E-state index in [4.69, 9.17) is 10.8 Å². The smallest absolute Gasteiger partial charge is 0.131 e. The topological polar surface area (TPSA) is 71.2 Å². The molecule has 0 aromatic heterocycles. The Morgan fingerprint density at radius 2 is 1.87 bits per heavy atom. The number of aliphatic hydroxyl groups excluding tert-OH is 1. The van der Waals surface area contributed by atoms with E-state index in [1.807, 2.05) is 43.3 Å². The van der Waals surface area contributed by atoms with Gasteiger partial charge in [0.2, 0.25) is 0 Å². The number of benzene rings is 2. The second-order valence-electron chi connectivity index (χ2n) is 8.34. The molecule has 0 radical (unpaired) electrons. The lowest BCUT2D eigenvalue weighted by atomic mass is 9.92. The summed E-state index contributed by atoms with van der Waals surface area (Å²) in [7, 11) is 0. The summed E-state index contributed by atoms with van der Waals surface area (Å²) in [4.78, 5) is 2.14. The van der Waals surface area contributed by atoms with E-state index in [1.165, 1.54) is 0 Å². The summed E-state index contributed by atoms with van der Waals surface area (Å²) in [5.41, 5.74) is 2.52. The van der Waals surface area contributed by atoms with Crippen LogP contribution in [-0.2, 0) is 5.41 Å². The number of thioether (sulfide) groups is 1. The summed E-state index contributed by atoms with van der Waals surface area (Å²) in [6, 6.07) is 15.3. The average molecular weight is 428 g/mol. The second-order valence-corrected chi connectivity index (χ2v) is 10.0. The van der Waals surface area contributed by atoms with Crippen molar-refractivity contribution in [3.8, 4) is 11.1 Å². The van der Waals surface area contributed by atoms with E-state index < -0.39 is 0 Å². The number of amidine groups is 1. The van der Waals surface area contributed by atoms with Crippen molar-refractivity contribution in [2.75, 3.05) is 25.4 Å². The van der Waals surface area contributed by atoms with Crippen molar-refractivity contribution in [1.29, 1.82) is 10.8 Å². The highest BCUT2D eigenvalue weighted by atomic mass is 32.2. The largest absolute Gasteiger partial charge is 0.395 e. The van der Waals surface area contributed by atoms with Gasteiger partial charge in [-0.2, -0.15) is 11.8 Å². The normalized spacial score (nSPS) is 22.6. The molecule has 1 saturated heterocycles. The maximum atomic E-state index is 14.9. The summed E-state index contributed by atoms with van der Waals surface area (Å²) in [6.45, 7) is 6.19. The fraction of sp³-hybridized carbons (Fsp3) is 0.417. The van der Waals surface area contributed by atoms with Gasteiger partial charge in [-0.25, -0.2) is 4.39 Å². The lowest BCUT2D eigenvalue weighted by Gasteiger charge is -2.30. The minimum Gasteiger partial charge on any atom is -0.395 e. The summed E-state index contributed by atoms with van der Waals surface area (Å²) in [5.74, 6) is 1.31. The van der Waals surface area contributed by atoms with Gasteiger partial charge in [0.15, 0.2) is 0 Å². The fourth-order valence-corrected chi connectivity index (χ4v) is 5.22. The number of hydrogen-bond donors (Lipinski definition) is 3. The molecule has 2 aromatic rings. The van der Waals surface area contributed by atoms with E-state index in [-0.39, 0.29) is 22.6 Å². The third-order valence-electron chi connectivity index (χ3n) is 6.08. The molecule has 30 heavy (non-hydrogen) atoms. The first-order chi connectivity index (χ1) is 14.4. The Bertz CT molecular complexity index is 887. The van der Waals surface area contributed by atoms with Gasteiger partial charge < -0.3 is 15.4 Å². The first-order valence-corrected chi connectivity index (χ1v) is 11.2. The van der Waals surface area contributed by atoms with Gasteiger partial charge in [-0.1, -0.05) is 42.5 Å². The Labute approximate surface area is 182 Å². The Kier molecular flexibility index (Phi) is 6.98. The number of rotatable bonds is 5. The van der Waals surface area contributed by atoms with Crippen LogP contribution in [0.4, 0.5) is 4.39 Å². The minimum atomic E-state index is -0.272. The molecule has 0 amide bonds. The molecule has 160 valence electrons. The lowest BCUT2D eigenvalue weighted by Crippen LogP contribution is -2.39. The maximum Gasteiger partial charge on any atom is 0.131 e. The van der Waals surface area contributed by atoms with Gasteiger partial charge in [0.25, 0.3) is 0 Å². The molecule has 1 heterocycles. The first-order valence-electron chi connectivity index (χ1n) is 10.2. The van der Waals surface area contributed by atoms with Crippen LogP contribution in [0.2, 0.25) is 0 Å². The highest BCUT2D eigenvalue weighted by Gasteiger charge is 2.47. The molecule has 1 aliphatic carbocycles. The van der Waals surface area contributed by atoms with Crippen molar-refractivity contribution in [3.05, 3.63) is 59.9 Å². The van der Waals surface area contributed by atoms with Crippen LogP contribution in [-0.4, -0.2) is 52.8 Å². The first kappa shape index (κ1) is 22.5. The van der Waals surface area contributed by atoms with E-state index in [0.717, 1.165) is 42.8 Å². The van der Waals surface area contributed by atoms with Crippen LogP contribution in [0.3, 0.4) is 0 Å². The van der Waals surface area contributed by atoms with Crippen LogP contribution in [0.15, 0.2) is 48.5 Å². The van der Waals surface area contributed by atoms with Crippen molar-refractivity contribution in [3.63, 3.8) is 0 Å². The Morgan fingerprint density at radius 3 is 2.47 bits per heavy atom. The molecule has 1 saturated carbocycles. The van der Waals surface area contributed by atoms with Gasteiger partial charge in [-0.15, -0.1) is 0 Å². The number of halogens is 1. The molecule has 4 rings (SSSR count). The third kappa shape index (κ3) is 4.76. The SMILES string of the molecule is C=N.CC1(CO)CC(=N)N(CC2(c3ccc(-c4ccccc4)c(F)c3)CC2)CCS1. The zero-order valence-corrected chi connectivity index (χ0v) is 18.3. The van der Waals surface area contributed by atoms with Crippen molar-refractivity contribution in [1.82, 2.24) is 4.90 Å². The van der Waals surface area contributed by atoms with Gasteiger partial charge in [0.1, 0.15) is 5.82 Å². The van der Waals surface area contributed by atoms with Gasteiger partial charge in [-0.3, -0.25) is 5.41 Å². The highest BCUT2D eigenvalue weighted by Crippen LogP contribution is 2.50. The predicted octanol–water partition coefficient (Wildman–Crippen LogP) is 4.96. The van der Waals surface area contributed by atoms with Crippen molar-refractivity contribution < 1.29 is 9.50 Å². The zero-order valence-electron chi connectivity index (χ0n) is 17.5. The lowest BCUT2D eigenvalue weighted by molar-refractivity contribution is 0.257. The fourth-order valence-electron chi connectivity index (χ4n) is 4.08. The van der Waals surface area contributed by atoms with Crippen LogP contribution in [0.1, 0.15) is 31.7 Å². The van der Waals surface area contributed by atoms with Gasteiger partial charge >= 0.3 is 0 Å². The molecule has 6 heteroatoms. The van der Waals surface area contributed by atoms with Gasteiger partial charge in [-0.05, 0) is 43.7 Å². The molecule has 0 bridgehead atoms. The number of hydrogen-bond acceptors (Lipinski definition) is 4. The van der Waals surface area contributed by atoms with Crippen LogP contribution in [0.5, 0.6) is 0 Å². The molecule has 2 aliphatic rings. The molecule has 2 fully saturated rings. The molecule has 4 nitrogen and oxygen atoms in total. The minimum absolute atomic E-state index is 0.0486. The quantitative estimate of drug-likeness (QED) is 0.591. The Balaban J connectivity index is 0.00000124. The van der Waals surface area contributed by atoms with Gasteiger partial charge in [0.05, 0.1) is 12.4 Å². The zero-order chi connectivity index (χ0) is 21.8. The van der Waals surface area contributed by atoms with E-state index in [1.54, 1.807) is 17.8 Å². The Hall–Kier alpha value is -2.18. The Morgan fingerprint density at radius 1 is 1.17 bits per heavy atom. The van der Waals surface area contributed by atoms with E-state index in [9.17, 15) is 9.50 Å². The molecule has 2 aromatic carbocycles. The highest BCUT2D eigenvalue weighted by molar-refractivity contribution is 8.00. The molecule has 1 atom stereocenters. The molecule has 0 spiro atoms. The van der Waals surface area contributed by atoms with Gasteiger partial charge in [0, 0.05) is 41.0 Å². The summed E-state index contributed by atoms with van der Waals surface area (Å²) >= 11 is 1.75. The van der Waals surface area contributed by atoms with Crippen molar-refractivity contribution in [2.24, 2.45) is 0 Å². The van der Waals surface area contributed by atoms with E-state index >= 15 is 0 Å². The summed E-state index contributed by atoms with van der Waals surface area (Å²) in [6.07, 6.45) is 2.64. The van der Waals surface area contributed by atoms with Crippen molar-refractivity contribution in [2.45, 2.75) is 36.3 Å². The second kappa shape index (κ2) is 9.31. The van der Waals surface area contributed by atoms with E-state index in [2.05, 4.69) is 17.7 Å². The van der Waals surface area contributed by atoms with Crippen LogP contribution >= 0.6 is 11.8 Å². The third-order valence-corrected chi connectivity index (χ3v) is 7.44. The monoisotopic (exact) mass is 427 g/mol. The number of aliphatic hydroxyl groups is 1.